The fourth-order valence-electron chi connectivity index (χ4n) is 11.7. The predicted octanol–water partition coefficient (Wildman–Crippen LogP) is 23.7. The van der Waals surface area contributed by atoms with Crippen molar-refractivity contribution in [1.82, 2.24) is 5.32 Å². The third-order valence-electron chi connectivity index (χ3n) is 17.3. The molecule has 0 aliphatic carbocycles. The molecule has 0 aromatic heterocycles. The standard InChI is InChI=1S/C74H143NO5/c1-3-5-7-9-11-13-15-17-19-21-23-24-28-31-34-38-42-46-50-54-58-62-66-72(77)71(70-76)75-73(78)67-63-59-55-51-47-43-39-35-32-29-26-25-27-30-33-37-41-45-49-53-57-61-65-69-80-74(79)68-64-60-56-52-48-44-40-36-22-20-18-16-14-12-10-8-6-4-2/h14,16,20,22,71-72,76-77H,3-13,15,17-19,21,23-70H2,1-2H3,(H,75,78)/b16-14-,22-20-. The molecule has 0 saturated heterocycles. The minimum atomic E-state index is -0.665. The summed E-state index contributed by atoms with van der Waals surface area (Å²) in [4.78, 5) is 24.7. The molecule has 3 N–H and O–H groups in total. The van der Waals surface area contributed by atoms with Gasteiger partial charge in [0, 0.05) is 12.8 Å². The number of ether oxygens (including phenoxy) is 1. The number of carbonyl (C=O) groups is 2. The molecular weight excluding hydrogens is 983 g/mol. The Bertz CT molecular complexity index is 1250. The van der Waals surface area contributed by atoms with Crippen molar-refractivity contribution in [3.63, 3.8) is 0 Å². The molecule has 0 aliphatic rings. The number of unbranched alkanes of at least 4 members (excludes halogenated alkanes) is 54. The Labute approximate surface area is 501 Å². The third kappa shape index (κ3) is 65.5. The third-order valence-corrected chi connectivity index (χ3v) is 17.3. The molecule has 474 valence electrons. The van der Waals surface area contributed by atoms with Gasteiger partial charge >= 0.3 is 5.97 Å². The van der Waals surface area contributed by atoms with Crippen molar-refractivity contribution in [2.75, 3.05) is 13.2 Å². The van der Waals surface area contributed by atoms with E-state index in [9.17, 15) is 19.8 Å². The zero-order valence-corrected chi connectivity index (χ0v) is 54.3. The molecule has 0 saturated carbocycles. The number of hydrogen-bond donors (Lipinski definition) is 3. The summed E-state index contributed by atoms with van der Waals surface area (Å²) in [6, 6.07) is -0.542. The summed E-state index contributed by atoms with van der Waals surface area (Å²) in [7, 11) is 0. The number of aliphatic hydroxyl groups excluding tert-OH is 2. The number of allylic oxidation sites excluding steroid dienone is 4. The highest BCUT2D eigenvalue weighted by Crippen LogP contribution is 2.19. The summed E-state index contributed by atoms with van der Waals surface area (Å²) in [5, 5.41) is 23.4. The number of carbonyl (C=O) groups excluding carboxylic acids is 2. The highest BCUT2D eigenvalue weighted by molar-refractivity contribution is 5.76. The zero-order chi connectivity index (χ0) is 57.8. The first-order valence-electron chi connectivity index (χ1n) is 36.6. The van der Waals surface area contributed by atoms with Gasteiger partial charge in [-0.3, -0.25) is 9.59 Å². The van der Waals surface area contributed by atoms with Crippen LogP contribution in [-0.2, 0) is 14.3 Å². The minimum Gasteiger partial charge on any atom is -0.466 e. The number of amides is 1. The summed E-state index contributed by atoms with van der Waals surface area (Å²) < 4.78 is 5.50. The van der Waals surface area contributed by atoms with E-state index in [0.717, 1.165) is 51.4 Å². The number of esters is 1. The van der Waals surface area contributed by atoms with Gasteiger partial charge in [-0.15, -0.1) is 0 Å². The number of rotatable bonds is 69. The molecule has 6 nitrogen and oxygen atoms in total. The first-order valence-corrected chi connectivity index (χ1v) is 36.6. The van der Waals surface area contributed by atoms with Gasteiger partial charge in [0.15, 0.2) is 0 Å². The lowest BCUT2D eigenvalue weighted by Gasteiger charge is -2.22. The normalized spacial score (nSPS) is 12.6. The van der Waals surface area contributed by atoms with Crippen LogP contribution >= 0.6 is 0 Å². The molecule has 2 unspecified atom stereocenters. The lowest BCUT2D eigenvalue weighted by atomic mass is 10.0. The average Bonchev–Trinajstić information content (AvgIpc) is 3.46. The van der Waals surface area contributed by atoms with Crippen LogP contribution in [0.2, 0.25) is 0 Å². The first kappa shape index (κ1) is 78.3. The van der Waals surface area contributed by atoms with Crippen molar-refractivity contribution in [2.24, 2.45) is 0 Å². The number of aliphatic hydroxyl groups is 2. The van der Waals surface area contributed by atoms with Crippen LogP contribution in [0.4, 0.5) is 0 Å². The Hall–Kier alpha value is -1.66. The van der Waals surface area contributed by atoms with Gasteiger partial charge < -0.3 is 20.3 Å². The van der Waals surface area contributed by atoms with Gasteiger partial charge in [0.1, 0.15) is 0 Å². The molecular formula is C74H143NO5. The molecule has 0 heterocycles. The smallest absolute Gasteiger partial charge is 0.305 e. The summed E-state index contributed by atoms with van der Waals surface area (Å²) in [5.41, 5.74) is 0. The van der Waals surface area contributed by atoms with E-state index in [4.69, 9.17) is 4.74 Å². The molecule has 0 fully saturated rings. The lowest BCUT2D eigenvalue weighted by Crippen LogP contribution is -2.45. The fourth-order valence-corrected chi connectivity index (χ4v) is 11.7. The summed E-state index contributed by atoms with van der Waals surface area (Å²) in [5.74, 6) is -0.0215. The molecule has 0 bridgehead atoms. The van der Waals surface area contributed by atoms with Crippen molar-refractivity contribution in [2.45, 2.75) is 424 Å². The van der Waals surface area contributed by atoms with E-state index in [1.807, 2.05) is 0 Å². The van der Waals surface area contributed by atoms with Crippen LogP contribution in [0.1, 0.15) is 412 Å². The molecule has 0 radical (unpaired) electrons. The summed E-state index contributed by atoms with van der Waals surface area (Å²) in [6.07, 6.45) is 88.0. The molecule has 0 rings (SSSR count). The average molecular weight is 1130 g/mol. The second-order valence-corrected chi connectivity index (χ2v) is 25.3. The number of hydrogen-bond acceptors (Lipinski definition) is 5. The van der Waals surface area contributed by atoms with E-state index in [1.165, 1.54) is 327 Å². The van der Waals surface area contributed by atoms with Crippen LogP contribution in [0.15, 0.2) is 24.3 Å². The van der Waals surface area contributed by atoms with E-state index < -0.39 is 12.1 Å². The van der Waals surface area contributed by atoms with E-state index in [2.05, 4.69) is 43.5 Å². The molecule has 1 amide bonds. The molecule has 0 aromatic rings. The Morgan fingerprint density at radius 1 is 0.350 bits per heavy atom. The molecule has 2 atom stereocenters. The second-order valence-electron chi connectivity index (χ2n) is 25.3. The zero-order valence-electron chi connectivity index (χ0n) is 54.3. The highest BCUT2D eigenvalue weighted by atomic mass is 16.5. The number of nitrogens with one attached hydrogen (secondary N) is 1. The highest BCUT2D eigenvalue weighted by Gasteiger charge is 2.20. The molecule has 6 heteroatoms. The minimum absolute atomic E-state index is 0.00821. The van der Waals surface area contributed by atoms with E-state index in [0.29, 0.717) is 25.9 Å². The molecule has 0 aromatic carbocycles. The molecule has 0 aliphatic heterocycles. The van der Waals surface area contributed by atoms with Crippen molar-refractivity contribution >= 4 is 11.9 Å². The Morgan fingerprint density at radius 3 is 0.963 bits per heavy atom. The first-order chi connectivity index (χ1) is 39.5. The predicted molar refractivity (Wildman–Crippen MR) is 352 cm³/mol. The van der Waals surface area contributed by atoms with Crippen LogP contribution in [0.25, 0.3) is 0 Å². The maximum absolute atomic E-state index is 12.6. The summed E-state index contributed by atoms with van der Waals surface area (Å²) >= 11 is 0. The van der Waals surface area contributed by atoms with Gasteiger partial charge in [-0.05, 0) is 57.8 Å². The SMILES string of the molecule is CCCCCC/C=C\C/C=C\CCCCCCCCCC(=O)OCCCCCCCCCCCCCCCCCCCCCCCCCC(=O)NC(CO)C(O)CCCCCCCCCCCCCCCCCCCCCCCC. The topological polar surface area (TPSA) is 95.9 Å². The largest absolute Gasteiger partial charge is 0.466 e. The summed E-state index contributed by atoms with van der Waals surface area (Å²) in [6.45, 7) is 4.98. The second kappa shape index (κ2) is 69.8. The van der Waals surface area contributed by atoms with Crippen LogP contribution in [0, 0.1) is 0 Å². The van der Waals surface area contributed by atoms with Crippen LogP contribution in [-0.4, -0.2) is 47.4 Å². The maximum Gasteiger partial charge on any atom is 0.305 e. The van der Waals surface area contributed by atoms with E-state index in [-0.39, 0.29) is 18.5 Å². The van der Waals surface area contributed by atoms with Gasteiger partial charge in [-0.1, -0.05) is 366 Å². The van der Waals surface area contributed by atoms with Crippen LogP contribution < -0.4 is 5.32 Å². The maximum atomic E-state index is 12.6. The van der Waals surface area contributed by atoms with Crippen molar-refractivity contribution < 1.29 is 24.5 Å². The van der Waals surface area contributed by atoms with Gasteiger partial charge in [0.25, 0.3) is 0 Å². The van der Waals surface area contributed by atoms with E-state index in [1.54, 1.807) is 0 Å². The van der Waals surface area contributed by atoms with Crippen molar-refractivity contribution in [3.05, 3.63) is 24.3 Å². The van der Waals surface area contributed by atoms with Gasteiger partial charge in [0.05, 0.1) is 25.4 Å². The molecule has 0 spiro atoms. The Balaban J connectivity index is 3.37. The van der Waals surface area contributed by atoms with Crippen molar-refractivity contribution in [1.29, 1.82) is 0 Å². The van der Waals surface area contributed by atoms with Crippen LogP contribution in [0.5, 0.6) is 0 Å². The monoisotopic (exact) mass is 1130 g/mol. The van der Waals surface area contributed by atoms with Gasteiger partial charge in [-0.25, -0.2) is 0 Å². The van der Waals surface area contributed by atoms with Gasteiger partial charge in [-0.2, -0.15) is 0 Å². The Morgan fingerprint density at radius 2 is 0.625 bits per heavy atom. The molecule has 80 heavy (non-hydrogen) atoms. The Kier molecular flexibility index (Phi) is 68.4. The lowest BCUT2D eigenvalue weighted by molar-refractivity contribution is -0.143. The quantitative estimate of drug-likeness (QED) is 0.0320. The van der Waals surface area contributed by atoms with E-state index >= 15 is 0 Å². The van der Waals surface area contributed by atoms with Crippen LogP contribution in [0.3, 0.4) is 0 Å². The van der Waals surface area contributed by atoms with Crippen molar-refractivity contribution in [3.8, 4) is 0 Å². The van der Waals surface area contributed by atoms with Gasteiger partial charge in [0.2, 0.25) is 5.91 Å². The fraction of sp³-hybridized carbons (Fsp3) is 0.919.